The number of carboxylic acid groups (broad SMARTS) is 1. The number of nitrogens with zero attached hydrogens (tertiary/aromatic N) is 1. The maximum atomic E-state index is 12.2. The van der Waals surface area contributed by atoms with Crippen LogP contribution in [0.1, 0.15) is 11.1 Å². The predicted molar refractivity (Wildman–Crippen MR) is 88.4 cm³/mol. The van der Waals surface area contributed by atoms with E-state index in [1.165, 1.54) is 11.0 Å². The Morgan fingerprint density at radius 3 is 2.90 bits per heavy atom. The molecule has 4 nitrogen and oxygen atoms in total. The molecule has 0 spiro atoms. The Morgan fingerprint density at radius 2 is 2.24 bits per heavy atom. The van der Waals surface area contributed by atoms with Gasteiger partial charge in [0.05, 0.1) is 0 Å². The quantitative estimate of drug-likeness (QED) is 0.832. The lowest BCUT2D eigenvalue weighted by atomic mass is 10.1. The Bertz CT molecular complexity index is 588. The fourth-order valence-electron chi connectivity index (χ4n) is 2.10. The van der Waals surface area contributed by atoms with Crippen LogP contribution in [0.4, 0.5) is 0 Å². The van der Waals surface area contributed by atoms with E-state index in [0.29, 0.717) is 12.3 Å². The van der Waals surface area contributed by atoms with Crippen molar-refractivity contribution in [3.63, 3.8) is 0 Å². The summed E-state index contributed by atoms with van der Waals surface area (Å²) in [6.45, 7) is 2.46. The van der Waals surface area contributed by atoms with Crippen LogP contribution in [0.3, 0.4) is 0 Å². The van der Waals surface area contributed by atoms with Crippen molar-refractivity contribution in [1.82, 2.24) is 4.90 Å². The summed E-state index contributed by atoms with van der Waals surface area (Å²) in [6.07, 6.45) is 3.16. The molecule has 2 rings (SSSR count). The summed E-state index contributed by atoms with van der Waals surface area (Å²) in [4.78, 5) is 24.8. The molecule has 1 saturated heterocycles. The number of halogens is 1. The number of thioether (sulfide) groups is 1. The second-order valence-corrected chi connectivity index (χ2v) is 6.82. The Hall–Kier alpha value is -1.27. The van der Waals surface area contributed by atoms with Gasteiger partial charge in [-0.1, -0.05) is 28.1 Å². The molecule has 1 aliphatic rings. The molecule has 1 amide bonds. The maximum Gasteiger partial charge on any atom is 0.327 e. The van der Waals surface area contributed by atoms with Crippen LogP contribution in [0.5, 0.6) is 0 Å². The number of hydrogen-bond donors (Lipinski definition) is 1. The molecule has 0 bridgehead atoms. The van der Waals surface area contributed by atoms with Crippen LogP contribution < -0.4 is 0 Å². The van der Waals surface area contributed by atoms with Gasteiger partial charge in [-0.05, 0) is 30.2 Å². The third kappa shape index (κ3) is 4.11. The second kappa shape index (κ2) is 7.13. The predicted octanol–water partition coefficient (Wildman–Crippen LogP) is 2.80. The molecule has 0 aromatic heterocycles. The van der Waals surface area contributed by atoms with E-state index < -0.39 is 12.0 Å². The average molecular weight is 370 g/mol. The van der Waals surface area contributed by atoms with Crippen LogP contribution in [0.25, 0.3) is 6.08 Å². The summed E-state index contributed by atoms with van der Waals surface area (Å²) in [7, 11) is 0. The number of hydrogen-bond acceptors (Lipinski definition) is 3. The number of benzene rings is 1. The average Bonchev–Trinajstić information content (AvgIpc) is 2.46. The summed E-state index contributed by atoms with van der Waals surface area (Å²) < 4.78 is 0.913. The molecule has 1 aliphatic heterocycles. The summed E-state index contributed by atoms with van der Waals surface area (Å²) in [5.74, 6) is 0.0245. The number of carbonyl (C=O) groups is 2. The number of rotatable bonds is 3. The molecule has 1 unspecified atom stereocenters. The van der Waals surface area contributed by atoms with Crippen molar-refractivity contribution in [2.75, 3.05) is 18.1 Å². The summed E-state index contributed by atoms with van der Waals surface area (Å²) >= 11 is 5.02. The van der Waals surface area contributed by atoms with E-state index in [4.69, 9.17) is 0 Å². The van der Waals surface area contributed by atoms with E-state index in [1.807, 2.05) is 25.1 Å². The SMILES string of the molecule is Cc1ccc(/C=C/C(=O)N2CCSCC2C(=O)O)c(Br)c1. The molecule has 112 valence electrons. The highest BCUT2D eigenvalue weighted by atomic mass is 79.9. The zero-order valence-corrected chi connectivity index (χ0v) is 14.0. The van der Waals surface area contributed by atoms with E-state index in [0.717, 1.165) is 21.4 Å². The highest BCUT2D eigenvalue weighted by Gasteiger charge is 2.31. The van der Waals surface area contributed by atoms with Gasteiger partial charge < -0.3 is 10.0 Å². The lowest BCUT2D eigenvalue weighted by Gasteiger charge is -2.31. The number of aliphatic carboxylic acids is 1. The van der Waals surface area contributed by atoms with Crippen LogP contribution in [0.2, 0.25) is 0 Å². The molecule has 0 saturated carbocycles. The number of aryl methyl sites for hydroxylation is 1. The molecule has 21 heavy (non-hydrogen) atoms. The third-order valence-corrected chi connectivity index (χ3v) is 4.97. The molecule has 1 fully saturated rings. The molecule has 6 heteroatoms. The minimum Gasteiger partial charge on any atom is -0.480 e. The normalized spacial score (nSPS) is 19.0. The highest BCUT2D eigenvalue weighted by molar-refractivity contribution is 9.10. The van der Waals surface area contributed by atoms with Crippen molar-refractivity contribution >= 4 is 45.6 Å². The fourth-order valence-corrected chi connectivity index (χ4v) is 3.76. The first-order chi connectivity index (χ1) is 9.99. The lowest BCUT2D eigenvalue weighted by molar-refractivity contribution is -0.147. The van der Waals surface area contributed by atoms with Gasteiger partial charge in [0.15, 0.2) is 0 Å². The molecular formula is C15H16BrNO3S. The maximum absolute atomic E-state index is 12.2. The van der Waals surface area contributed by atoms with Gasteiger partial charge in [0.1, 0.15) is 6.04 Å². The summed E-state index contributed by atoms with van der Waals surface area (Å²) in [5, 5.41) is 9.18. The van der Waals surface area contributed by atoms with Gasteiger partial charge in [-0.3, -0.25) is 4.79 Å². The molecule has 0 aliphatic carbocycles. The van der Waals surface area contributed by atoms with E-state index in [1.54, 1.807) is 17.8 Å². The number of carbonyl (C=O) groups excluding carboxylic acids is 1. The Balaban J connectivity index is 2.12. The molecular weight excluding hydrogens is 354 g/mol. The summed E-state index contributed by atoms with van der Waals surface area (Å²) in [6, 6.07) is 5.13. The molecule has 1 N–H and O–H groups in total. The van der Waals surface area contributed by atoms with Crippen molar-refractivity contribution in [2.24, 2.45) is 0 Å². The Labute approximate surface area is 136 Å². The zero-order valence-electron chi connectivity index (χ0n) is 11.6. The minimum absolute atomic E-state index is 0.254. The van der Waals surface area contributed by atoms with Gasteiger partial charge in [0, 0.05) is 28.6 Å². The van der Waals surface area contributed by atoms with Gasteiger partial charge in [-0.2, -0.15) is 11.8 Å². The highest BCUT2D eigenvalue weighted by Crippen LogP contribution is 2.21. The topological polar surface area (TPSA) is 57.6 Å². The van der Waals surface area contributed by atoms with Gasteiger partial charge in [-0.15, -0.1) is 0 Å². The second-order valence-electron chi connectivity index (χ2n) is 4.82. The molecule has 1 aromatic carbocycles. The lowest BCUT2D eigenvalue weighted by Crippen LogP contribution is -2.49. The van der Waals surface area contributed by atoms with Crippen LogP contribution >= 0.6 is 27.7 Å². The first kappa shape index (κ1) is 16.1. The van der Waals surface area contributed by atoms with Gasteiger partial charge in [0.2, 0.25) is 5.91 Å². The summed E-state index contributed by atoms with van der Waals surface area (Å²) in [5.41, 5.74) is 2.02. The minimum atomic E-state index is -0.944. The van der Waals surface area contributed by atoms with Crippen molar-refractivity contribution in [3.8, 4) is 0 Å². The smallest absolute Gasteiger partial charge is 0.327 e. The largest absolute Gasteiger partial charge is 0.480 e. The van der Waals surface area contributed by atoms with Crippen LogP contribution in [0.15, 0.2) is 28.7 Å². The van der Waals surface area contributed by atoms with Crippen LogP contribution in [0, 0.1) is 6.92 Å². The van der Waals surface area contributed by atoms with E-state index in [2.05, 4.69) is 15.9 Å². The number of amides is 1. The van der Waals surface area contributed by atoms with Gasteiger partial charge >= 0.3 is 5.97 Å². The van der Waals surface area contributed by atoms with Crippen molar-refractivity contribution in [3.05, 3.63) is 39.9 Å². The standard InChI is InChI=1S/C15H16BrNO3S/c1-10-2-3-11(12(16)8-10)4-5-14(18)17-6-7-21-9-13(17)15(19)20/h2-5,8,13H,6-7,9H2,1H3,(H,19,20)/b5-4+. The van der Waals surface area contributed by atoms with Crippen molar-refractivity contribution < 1.29 is 14.7 Å². The first-order valence-electron chi connectivity index (χ1n) is 6.54. The van der Waals surface area contributed by atoms with E-state index >= 15 is 0 Å². The molecule has 1 heterocycles. The van der Waals surface area contributed by atoms with Gasteiger partial charge in [-0.25, -0.2) is 4.79 Å². The van der Waals surface area contributed by atoms with E-state index in [9.17, 15) is 14.7 Å². The number of carboxylic acids is 1. The first-order valence-corrected chi connectivity index (χ1v) is 8.49. The van der Waals surface area contributed by atoms with Crippen LogP contribution in [-0.2, 0) is 9.59 Å². The van der Waals surface area contributed by atoms with E-state index in [-0.39, 0.29) is 5.91 Å². The molecule has 0 radical (unpaired) electrons. The van der Waals surface area contributed by atoms with Crippen LogP contribution in [-0.4, -0.2) is 46.0 Å². The molecule has 1 atom stereocenters. The Kier molecular flexibility index (Phi) is 5.47. The zero-order chi connectivity index (χ0) is 15.4. The van der Waals surface area contributed by atoms with Crippen molar-refractivity contribution in [2.45, 2.75) is 13.0 Å². The Morgan fingerprint density at radius 1 is 1.48 bits per heavy atom. The van der Waals surface area contributed by atoms with Gasteiger partial charge in [0.25, 0.3) is 0 Å². The molecule has 1 aromatic rings. The van der Waals surface area contributed by atoms with Crippen molar-refractivity contribution in [1.29, 1.82) is 0 Å². The fraction of sp³-hybridized carbons (Fsp3) is 0.333. The monoisotopic (exact) mass is 369 g/mol. The third-order valence-electron chi connectivity index (χ3n) is 3.26.